The highest BCUT2D eigenvalue weighted by Crippen LogP contribution is 2.31. The second-order valence-corrected chi connectivity index (χ2v) is 6.18. The first kappa shape index (κ1) is 12.8. The van der Waals surface area contributed by atoms with Crippen LogP contribution in [0.1, 0.15) is 29.3 Å². The summed E-state index contributed by atoms with van der Waals surface area (Å²) in [6.07, 6.45) is 3.27. The largest absolute Gasteiger partial charge is 0.329 e. The zero-order chi connectivity index (χ0) is 14.4. The van der Waals surface area contributed by atoms with Crippen LogP contribution in [0.3, 0.4) is 0 Å². The van der Waals surface area contributed by atoms with Gasteiger partial charge >= 0.3 is 0 Å². The van der Waals surface area contributed by atoms with E-state index in [2.05, 4.69) is 39.9 Å². The van der Waals surface area contributed by atoms with Gasteiger partial charge in [0.2, 0.25) is 0 Å². The van der Waals surface area contributed by atoms with E-state index >= 15 is 0 Å². The Bertz CT molecular complexity index is 875. The highest BCUT2D eigenvalue weighted by molar-refractivity contribution is 7.71. The Morgan fingerprint density at radius 3 is 2.86 bits per heavy atom. The van der Waals surface area contributed by atoms with Crippen LogP contribution in [0.15, 0.2) is 36.4 Å². The second-order valence-electron chi connectivity index (χ2n) is 5.79. The maximum atomic E-state index is 5.54. The Morgan fingerprint density at radius 2 is 2.00 bits per heavy atom. The molecule has 1 aromatic carbocycles. The highest BCUT2D eigenvalue weighted by Gasteiger charge is 2.22. The van der Waals surface area contributed by atoms with E-state index in [1.165, 1.54) is 11.1 Å². The first-order chi connectivity index (χ1) is 10.2. The van der Waals surface area contributed by atoms with E-state index in [0.29, 0.717) is 6.04 Å². The number of hydrogen-bond acceptors (Lipinski definition) is 2. The van der Waals surface area contributed by atoms with Crippen molar-refractivity contribution < 1.29 is 0 Å². The fourth-order valence-electron chi connectivity index (χ4n) is 3.33. The minimum Gasteiger partial charge on any atom is -0.329 e. The number of nitrogens with zero attached hydrogens (tertiary/aromatic N) is 2. The number of aromatic nitrogens is 3. The number of rotatable bonds is 1. The normalized spacial score (nSPS) is 17.9. The third-order valence-corrected chi connectivity index (χ3v) is 4.69. The van der Waals surface area contributed by atoms with Crippen molar-refractivity contribution in [3.05, 3.63) is 58.0 Å². The summed E-state index contributed by atoms with van der Waals surface area (Å²) in [5, 5.41) is 0. The smallest absolute Gasteiger partial charge is 0.179 e. The summed E-state index contributed by atoms with van der Waals surface area (Å²) >= 11 is 5.54. The zero-order valence-corrected chi connectivity index (χ0v) is 12.8. The van der Waals surface area contributed by atoms with E-state index in [1.54, 1.807) is 0 Å². The summed E-state index contributed by atoms with van der Waals surface area (Å²) in [6.45, 7) is 2.02. The van der Waals surface area contributed by atoms with Gasteiger partial charge in [-0.15, -0.1) is 0 Å². The minimum atomic E-state index is 0.399. The molecule has 1 unspecified atom stereocenters. The van der Waals surface area contributed by atoms with Gasteiger partial charge < -0.3 is 4.98 Å². The van der Waals surface area contributed by atoms with Crippen LogP contribution in [0.25, 0.3) is 11.2 Å². The molecule has 0 saturated heterocycles. The van der Waals surface area contributed by atoms with Gasteiger partial charge in [0.25, 0.3) is 0 Å². The minimum absolute atomic E-state index is 0.399. The van der Waals surface area contributed by atoms with Gasteiger partial charge in [0.1, 0.15) is 0 Å². The quantitative estimate of drug-likeness (QED) is 0.685. The molecule has 21 heavy (non-hydrogen) atoms. The predicted molar refractivity (Wildman–Crippen MR) is 87.2 cm³/mol. The SMILES string of the molecule is Cc1ccc2[nH]c(=S)n(C3CCc4ccccc4C3)c2n1. The van der Waals surface area contributed by atoms with Gasteiger partial charge in [-0.2, -0.15) is 0 Å². The second kappa shape index (κ2) is 4.81. The molecule has 0 bridgehead atoms. The fraction of sp³-hybridized carbons (Fsp3) is 0.294. The van der Waals surface area contributed by atoms with Gasteiger partial charge in [-0.1, -0.05) is 24.3 Å². The Labute approximate surface area is 128 Å². The number of benzene rings is 1. The van der Waals surface area contributed by atoms with Crippen LogP contribution >= 0.6 is 12.2 Å². The summed E-state index contributed by atoms with van der Waals surface area (Å²) < 4.78 is 3.00. The standard InChI is InChI=1S/C17H17N3S/c1-11-6-9-15-16(18-11)20(17(21)19-15)14-8-7-12-4-2-3-5-13(12)10-14/h2-6,9,14H,7-8,10H2,1H3,(H,19,21). The van der Waals surface area contributed by atoms with Crippen molar-refractivity contribution in [1.29, 1.82) is 0 Å². The first-order valence-electron chi connectivity index (χ1n) is 7.37. The van der Waals surface area contributed by atoms with Crippen LogP contribution in [-0.2, 0) is 12.8 Å². The Kier molecular flexibility index (Phi) is 2.93. The van der Waals surface area contributed by atoms with Crippen LogP contribution in [0.5, 0.6) is 0 Å². The molecular weight excluding hydrogens is 278 g/mol. The molecule has 0 radical (unpaired) electrons. The van der Waals surface area contributed by atoms with Crippen molar-refractivity contribution in [2.45, 2.75) is 32.2 Å². The topological polar surface area (TPSA) is 33.6 Å². The van der Waals surface area contributed by atoms with E-state index in [-0.39, 0.29) is 0 Å². The lowest BCUT2D eigenvalue weighted by Gasteiger charge is -2.26. The Hall–Kier alpha value is -1.94. The predicted octanol–water partition coefficient (Wildman–Crippen LogP) is 4.13. The molecule has 2 heterocycles. The summed E-state index contributed by atoms with van der Waals surface area (Å²) in [5.41, 5.74) is 5.97. The van der Waals surface area contributed by atoms with Crippen molar-refractivity contribution in [2.24, 2.45) is 0 Å². The molecule has 0 spiro atoms. The highest BCUT2D eigenvalue weighted by atomic mass is 32.1. The van der Waals surface area contributed by atoms with Gasteiger partial charge in [-0.05, 0) is 61.7 Å². The lowest BCUT2D eigenvalue weighted by molar-refractivity contribution is 0.446. The number of aryl methyl sites for hydroxylation is 2. The average molecular weight is 295 g/mol. The molecule has 4 heteroatoms. The summed E-state index contributed by atoms with van der Waals surface area (Å²) in [5.74, 6) is 0. The monoisotopic (exact) mass is 295 g/mol. The number of aromatic amines is 1. The van der Waals surface area contributed by atoms with Crippen LogP contribution in [-0.4, -0.2) is 14.5 Å². The van der Waals surface area contributed by atoms with E-state index in [0.717, 1.165) is 40.9 Å². The molecule has 3 nitrogen and oxygen atoms in total. The number of fused-ring (bicyclic) bond motifs is 2. The van der Waals surface area contributed by atoms with E-state index in [9.17, 15) is 0 Å². The van der Waals surface area contributed by atoms with E-state index < -0.39 is 0 Å². The number of imidazole rings is 1. The van der Waals surface area contributed by atoms with Crippen molar-refractivity contribution in [3.8, 4) is 0 Å². The number of hydrogen-bond donors (Lipinski definition) is 1. The van der Waals surface area contributed by atoms with Crippen LogP contribution < -0.4 is 0 Å². The molecule has 0 saturated carbocycles. The van der Waals surface area contributed by atoms with Crippen molar-refractivity contribution >= 4 is 23.4 Å². The summed E-state index contributed by atoms with van der Waals surface area (Å²) in [7, 11) is 0. The molecule has 1 atom stereocenters. The number of pyridine rings is 1. The van der Waals surface area contributed by atoms with Crippen molar-refractivity contribution in [1.82, 2.24) is 14.5 Å². The Morgan fingerprint density at radius 1 is 1.19 bits per heavy atom. The van der Waals surface area contributed by atoms with Gasteiger partial charge in [0, 0.05) is 11.7 Å². The molecule has 3 aromatic rings. The van der Waals surface area contributed by atoms with Crippen LogP contribution in [0.4, 0.5) is 0 Å². The molecule has 0 amide bonds. The first-order valence-corrected chi connectivity index (χ1v) is 7.78. The molecule has 0 fully saturated rings. The van der Waals surface area contributed by atoms with Crippen LogP contribution in [0, 0.1) is 11.7 Å². The molecule has 1 N–H and O–H groups in total. The maximum absolute atomic E-state index is 5.54. The molecule has 2 aromatic heterocycles. The summed E-state index contributed by atoms with van der Waals surface area (Å²) in [6, 6.07) is 13.2. The molecule has 106 valence electrons. The van der Waals surface area contributed by atoms with Gasteiger partial charge in [0.05, 0.1) is 5.52 Å². The van der Waals surface area contributed by atoms with Gasteiger partial charge in [-0.3, -0.25) is 4.57 Å². The molecular formula is C17H17N3S. The fourth-order valence-corrected chi connectivity index (χ4v) is 3.68. The number of H-pyrrole nitrogens is 1. The van der Waals surface area contributed by atoms with Gasteiger partial charge in [-0.25, -0.2) is 4.98 Å². The lowest BCUT2D eigenvalue weighted by atomic mass is 9.88. The zero-order valence-electron chi connectivity index (χ0n) is 12.0. The average Bonchev–Trinajstić information content (AvgIpc) is 2.82. The molecule has 1 aliphatic rings. The summed E-state index contributed by atoms with van der Waals surface area (Å²) in [4.78, 5) is 7.98. The third kappa shape index (κ3) is 2.10. The lowest BCUT2D eigenvalue weighted by Crippen LogP contribution is -2.19. The molecule has 0 aliphatic heterocycles. The molecule has 4 rings (SSSR count). The maximum Gasteiger partial charge on any atom is 0.179 e. The molecule has 1 aliphatic carbocycles. The Balaban J connectivity index is 1.83. The van der Waals surface area contributed by atoms with Gasteiger partial charge in [0.15, 0.2) is 10.4 Å². The number of nitrogens with one attached hydrogen (secondary N) is 1. The van der Waals surface area contributed by atoms with Crippen molar-refractivity contribution in [2.75, 3.05) is 0 Å². The van der Waals surface area contributed by atoms with E-state index in [1.807, 2.05) is 13.0 Å². The van der Waals surface area contributed by atoms with Crippen LogP contribution in [0.2, 0.25) is 0 Å². The van der Waals surface area contributed by atoms with Crippen molar-refractivity contribution in [3.63, 3.8) is 0 Å². The van der Waals surface area contributed by atoms with E-state index in [4.69, 9.17) is 17.2 Å². The third-order valence-electron chi connectivity index (χ3n) is 4.39.